The van der Waals surface area contributed by atoms with Crippen LogP contribution in [0.1, 0.15) is 31.2 Å². The lowest BCUT2D eigenvalue weighted by atomic mass is 9.70. The summed E-state index contributed by atoms with van der Waals surface area (Å²) in [6.07, 6.45) is 3.80. The van der Waals surface area contributed by atoms with Crippen molar-refractivity contribution < 1.29 is 9.47 Å². The molecule has 0 amide bonds. The van der Waals surface area contributed by atoms with Gasteiger partial charge in [-0.05, 0) is 31.2 Å². The third kappa shape index (κ3) is 2.72. The van der Waals surface area contributed by atoms with E-state index < -0.39 is 0 Å². The highest BCUT2D eigenvalue weighted by Crippen LogP contribution is 2.39. The first kappa shape index (κ1) is 13.1. The van der Waals surface area contributed by atoms with Gasteiger partial charge in [-0.15, -0.1) is 0 Å². The minimum atomic E-state index is -0.325. The second-order valence-corrected chi connectivity index (χ2v) is 4.83. The van der Waals surface area contributed by atoms with Gasteiger partial charge in [-0.2, -0.15) is 5.26 Å². The van der Waals surface area contributed by atoms with Gasteiger partial charge >= 0.3 is 0 Å². The van der Waals surface area contributed by atoms with Gasteiger partial charge in [0.05, 0.1) is 17.6 Å². The van der Waals surface area contributed by atoms with Crippen LogP contribution in [0.15, 0.2) is 30.3 Å². The quantitative estimate of drug-likeness (QED) is 0.766. The van der Waals surface area contributed by atoms with Crippen molar-refractivity contribution in [2.45, 2.75) is 37.2 Å². The molecule has 2 rings (SSSR count). The molecule has 1 fully saturated rings. The van der Waals surface area contributed by atoms with Gasteiger partial charge in [0.2, 0.25) is 0 Å². The summed E-state index contributed by atoms with van der Waals surface area (Å²) < 4.78 is 10.5. The second-order valence-electron chi connectivity index (χ2n) is 4.83. The monoisotopic (exact) mass is 245 g/mol. The zero-order valence-corrected chi connectivity index (χ0v) is 10.8. The van der Waals surface area contributed by atoms with E-state index in [1.165, 1.54) is 0 Å². The van der Waals surface area contributed by atoms with Crippen LogP contribution in [0.2, 0.25) is 0 Å². The van der Waals surface area contributed by atoms with Gasteiger partial charge in [0, 0.05) is 7.11 Å². The highest BCUT2D eigenvalue weighted by molar-refractivity contribution is 5.32. The predicted octanol–water partition coefficient (Wildman–Crippen LogP) is 3.01. The third-order valence-corrected chi connectivity index (χ3v) is 3.75. The molecule has 0 radical (unpaired) electrons. The Morgan fingerprint density at radius 3 is 2.50 bits per heavy atom. The van der Waals surface area contributed by atoms with Crippen LogP contribution in [0.5, 0.6) is 0 Å². The van der Waals surface area contributed by atoms with E-state index >= 15 is 0 Å². The molecule has 0 aromatic heterocycles. The van der Waals surface area contributed by atoms with Crippen molar-refractivity contribution in [3.8, 4) is 6.07 Å². The van der Waals surface area contributed by atoms with E-state index in [0.717, 1.165) is 31.2 Å². The molecule has 96 valence electrons. The SMILES string of the molecule is COCO[C@H]1CC[C@](C#N)(c2ccccc2)CC1. The number of methoxy groups -OCH3 is 1. The Kier molecular flexibility index (Phi) is 4.35. The van der Waals surface area contributed by atoms with E-state index in [9.17, 15) is 5.26 Å². The van der Waals surface area contributed by atoms with Crippen molar-refractivity contribution in [2.75, 3.05) is 13.9 Å². The number of nitrogens with zero attached hydrogens (tertiary/aromatic N) is 1. The minimum absolute atomic E-state index is 0.232. The highest BCUT2D eigenvalue weighted by Gasteiger charge is 2.37. The van der Waals surface area contributed by atoms with Gasteiger partial charge in [0.1, 0.15) is 6.79 Å². The lowest BCUT2D eigenvalue weighted by Gasteiger charge is -2.35. The number of hydrogen-bond donors (Lipinski definition) is 0. The molecule has 18 heavy (non-hydrogen) atoms. The summed E-state index contributed by atoms with van der Waals surface area (Å²) >= 11 is 0. The van der Waals surface area contributed by atoms with Crippen LogP contribution < -0.4 is 0 Å². The molecule has 1 aromatic carbocycles. The average Bonchev–Trinajstić information content (AvgIpc) is 2.46. The Hall–Kier alpha value is -1.37. The topological polar surface area (TPSA) is 42.2 Å². The normalized spacial score (nSPS) is 27.7. The van der Waals surface area contributed by atoms with Gasteiger partial charge in [0.15, 0.2) is 0 Å². The molecular weight excluding hydrogens is 226 g/mol. The van der Waals surface area contributed by atoms with Crippen molar-refractivity contribution in [3.05, 3.63) is 35.9 Å². The van der Waals surface area contributed by atoms with Crippen LogP contribution in [0.4, 0.5) is 0 Å². The average molecular weight is 245 g/mol. The molecule has 1 aromatic rings. The molecule has 0 atom stereocenters. The van der Waals surface area contributed by atoms with E-state index in [1.54, 1.807) is 7.11 Å². The van der Waals surface area contributed by atoms with Crippen LogP contribution >= 0.6 is 0 Å². The molecular formula is C15H19NO2. The fraction of sp³-hybridized carbons (Fsp3) is 0.533. The van der Waals surface area contributed by atoms with E-state index in [0.29, 0.717) is 6.79 Å². The van der Waals surface area contributed by atoms with Crippen LogP contribution in [0.3, 0.4) is 0 Å². The van der Waals surface area contributed by atoms with Crippen LogP contribution in [0.25, 0.3) is 0 Å². The van der Waals surface area contributed by atoms with Gasteiger partial charge in [0.25, 0.3) is 0 Å². The molecule has 3 heteroatoms. The lowest BCUT2D eigenvalue weighted by Crippen LogP contribution is -2.33. The molecule has 0 N–H and O–H groups in total. The van der Waals surface area contributed by atoms with Crippen molar-refractivity contribution in [2.24, 2.45) is 0 Å². The first-order chi connectivity index (χ1) is 8.80. The second kappa shape index (κ2) is 5.99. The molecule has 0 heterocycles. The number of hydrogen-bond acceptors (Lipinski definition) is 3. The maximum Gasteiger partial charge on any atom is 0.146 e. The Labute approximate surface area is 108 Å². The fourth-order valence-electron chi connectivity index (χ4n) is 2.64. The molecule has 0 unspecified atom stereocenters. The van der Waals surface area contributed by atoms with Crippen LogP contribution in [0, 0.1) is 11.3 Å². The molecule has 0 bridgehead atoms. The molecule has 1 aliphatic carbocycles. The summed E-state index contributed by atoms with van der Waals surface area (Å²) in [5.41, 5.74) is 0.812. The fourth-order valence-corrected chi connectivity index (χ4v) is 2.64. The Morgan fingerprint density at radius 1 is 1.28 bits per heavy atom. The molecule has 1 saturated carbocycles. The summed E-state index contributed by atoms with van der Waals surface area (Å²) in [6, 6.07) is 12.6. The van der Waals surface area contributed by atoms with Gasteiger partial charge in [-0.1, -0.05) is 30.3 Å². The largest absolute Gasteiger partial charge is 0.359 e. The van der Waals surface area contributed by atoms with E-state index in [4.69, 9.17) is 9.47 Å². The molecule has 0 aliphatic heterocycles. The Bertz CT molecular complexity index is 402. The molecule has 1 aliphatic rings. The minimum Gasteiger partial charge on any atom is -0.359 e. The number of nitriles is 1. The smallest absolute Gasteiger partial charge is 0.146 e. The third-order valence-electron chi connectivity index (χ3n) is 3.75. The van der Waals surface area contributed by atoms with Crippen LogP contribution in [-0.4, -0.2) is 20.0 Å². The van der Waals surface area contributed by atoms with Crippen LogP contribution in [-0.2, 0) is 14.9 Å². The first-order valence-corrected chi connectivity index (χ1v) is 6.38. The number of benzene rings is 1. The number of ether oxygens (including phenoxy) is 2. The summed E-state index contributed by atoms with van der Waals surface area (Å²) in [5, 5.41) is 9.54. The Balaban J connectivity index is 2.03. The molecule has 0 saturated heterocycles. The highest BCUT2D eigenvalue weighted by atomic mass is 16.7. The lowest BCUT2D eigenvalue weighted by molar-refractivity contribution is -0.0856. The first-order valence-electron chi connectivity index (χ1n) is 6.38. The molecule has 0 spiro atoms. The van der Waals surface area contributed by atoms with Crippen molar-refractivity contribution in [1.29, 1.82) is 5.26 Å². The summed E-state index contributed by atoms with van der Waals surface area (Å²) in [5.74, 6) is 0. The van der Waals surface area contributed by atoms with Crippen molar-refractivity contribution in [1.82, 2.24) is 0 Å². The zero-order chi connectivity index (χ0) is 12.8. The molecule has 3 nitrogen and oxygen atoms in total. The summed E-state index contributed by atoms with van der Waals surface area (Å²) in [7, 11) is 1.63. The van der Waals surface area contributed by atoms with Gasteiger partial charge in [-0.25, -0.2) is 0 Å². The van der Waals surface area contributed by atoms with E-state index in [2.05, 4.69) is 18.2 Å². The summed E-state index contributed by atoms with van der Waals surface area (Å²) in [6.45, 7) is 0.343. The summed E-state index contributed by atoms with van der Waals surface area (Å²) in [4.78, 5) is 0. The van der Waals surface area contributed by atoms with Crippen molar-refractivity contribution in [3.63, 3.8) is 0 Å². The standard InChI is InChI=1S/C15H19NO2/c1-17-12-18-14-7-9-15(11-16,10-8-14)13-5-3-2-4-6-13/h2-6,14H,7-10,12H2,1H3/t14-,15-. The number of rotatable bonds is 4. The zero-order valence-electron chi connectivity index (χ0n) is 10.8. The van der Waals surface area contributed by atoms with E-state index in [-0.39, 0.29) is 11.5 Å². The Morgan fingerprint density at radius 2 is 1.94 bits per heavy atom. The maximum atomic E-state index is 9.54. The van der Waals surface area contributed by atoms with Gasteiger partial charge in [-0.3, -0.25) is 0 Å². The maximum absolute atomic E-state index is 9.54. The van der Waals surface area contributed by atoms with Gasteiger partial charge < -0.3 is 9.47 Å². The van der Waals surface area contributed by atoms with Crippen molar-refractivity contribution >= 4 is 0 Å². The predicted molar refractivity (Wildman–Crippen MR) is 69.0 cm³/mol. The van der Waals surface area contributed by atoms with E-state index in [1.807, 2.05) is 18.2 Å².